The minimum absolute atomic E-state index is 1.37. The van der Waals surface area contributed by atoms with E-state index in [-0.39, 0.29) is 0 Å². The van der Waals surface area contributed by atoms with Crippen LogP contribution >= 0.6 is 67.9 Å². The van der Waals surface area contributed by atoms with Crippen molar-refractivity contribution in [3.05, 3.63) is 29.0 Å². The zero-order valence-corrected chi connectivity index (χ0v) is 13.7. The Morgan fingerprint density at radius 3 is 1.43 bits per heavy atom. The van der Waals surface area contributed by atoms with Crippen LogP contribution in [0.15, 0.2) is 12.1 Å². The molecule has 0 radical (unpaired) electrons. The molecule has 0 saturated carbocycles. The fourth-order valence-corrected chi connectivity index (χ4v) is 5.65. The van der Waals surface area contributed by atoms with Gasteiger partial charge in [-0.05, 0) is 82.3 Å². The Hall–Kier alpha value is 0.860. The molecular weight excluding hydrogens is 438 g/mol. The predicted octanol–water partition coefficient (Wildman–Crippen LogP) is 5.30. The third-order valence-electron chi connectivity index (χ3n) is 1.98. The van der Waals surface area contributed by atoms with E-state index in [0.717, 1.165) is 0 Å². The first-order chi connectivity index (χ1) is 6.58. The summed E-state index contributed by atoms with van der Waals surface area (Å²) in [5.41, 5.74) is 2.81. The van der Waals surface area contributed by atoms with E-state index in [2.05, 4.69) is 71.2 Å². The summed E-state index contributed by atoms with van der Waals surface area (Å²) in [5, 5.41) is 0. The normalized spacial score (nSPS) is 10.9. The van der Waals surface area contributed by atoms with E-state index in [1.807, 2.05) is 22.7 Å². The maximum Gasteiger partial charge on any atom is 0.0663 e. The van der Waals surface area contributed by atoms with Crippen molar-refractivity contribution in [2.75, 3.05) is 0 Å². The van der Waals surface area contributed by atoms with Crippen LogP contribution in [0.4, 0.5) is 0 Å². The zero-order valence-electron chi connectivity index (χ0n) is 7.73. The van der Waals surface area contributed by atoms with Gasteiger partial charge in [0.2, 0.25) is 0 Å². The number of aryl methyl sites for hydroxylation is 2. The maximum absolute atomic E-state index is 2.39. The van der Waals surface area contributed by atoms with Gasteiger partial charge in [0.25, 0.3) is 0 Å². The lowest BCUT2D eigenvalue weighted by Gasteiger charge is -1.96. The van der Waals surface area contributed by atoms with E-state index in [0.29, 0.717) is 0 Å². The van der Waals surface area contributed by atoms with Crippen LogP contribution in [0.1, 0.15) is 11.1 Å². The van der Waals surface area contributed by atoms with Crippen LogP contribution in [0.5, 0.6) is 0 Å². The van der Waals surface area contributed by atoms with Crippen molar-refractivity contribution in [2.24, 2.45) is 0 Å². The van der Waals surface area contributed by atoms with E-state index in [1.54, 1.807) is 0 Å². The molecule has 2 aromatic heterocycles. The minimum atomic E-state index is 1.37. The van der Waals surface area contributed by atoms with E-state index < -0.39 is 0 Å². The van der Waals surface area contributed by atoms with Crippen LogP contribution in [0.25, 0.3) is 9.75 Å². The lowest BCUT2D eigenvalue weighted by Crippen LogP contribution is -1.72. The Labute approximate surface area is 119 Å². The Balaban J connectivity index is 2.59. The number of hydrogen-bond acceptors (Lipinski definition) is 2. The third-order valence-corrected chi connectivity index (χ3v) is 6.14. The summed E-state index contributed by atoms with van der Waals surface area (Å²) in [6.07, 6.45) is 0. The van der Waals surface area contributed by atoms with Gasteiger partial charge in [0.05, 0.1) is 5.77 Å². The summed E-state index contributed by atoms with van der Waals surface area (Å²) in [7, 11) is 0. The van der Waals surface area contributed by atoms with Crippen LogP contribution in [-0.4, -0.2) is 0 Å². The van der Waals surface area contributed by atoms with Gasteiger partial charge in [-0.3, -0.25) is 0 Å². The summed E-state index contributed by atoms with van der Waals surface area (Å²) in [6.45, 7) is 4.39. The first-order valence-corrected chi connectivity index (χ1v) is 7.89. The van der Waals surface area contributed by atoms with Gasteiger partial charge in [-0.25, -0.2) is 0 Å². The van der Waals surface area contributed by atoms with Gasteiger partial charge >= 0.3 is 0 Å². The Morgan fingerprint density at radius 1 is 0.857 bits per heavy atom. The molecule has 0 aliphatic heterocycles. The molecule has 0 aromatic carbocycles. The first-order valence-electron chi connectivity index (χ1n) is 4.10. The van der Waals surface area contributed by atoms with Gasteiger partial charge < -0.3 is 0 Å². The monoisotopic (exact) mass is 446 g/mol. The molecule has 0 fully saturated rings. The lowest BCUT2D eigenvalue weighted by atomic mass is 10.2. The molecule has 0 amide bonds. The highest BCUT2D eigenvalue weighted by Gasteiger charge is 2.11. The van der Waals surface area contributed by atoms with Crippen molar-refractivity contribution in [1.82, 2.24) is 0 Å². The van der Waals surface area contributed by atoms with Crippen molar-refractivity contribution in [3.63, 3.8) is 0 Å². The van der Waals surface area contributed by atoms with E-state index in [4.69, 9.17) is 0 Å². The van der Waals surface area contributed by atoms with Crippen molar-refractivity contribution in [3.8, 4) is 9.75 Å². The van der Waals surface area contributed by atoms with E-state index >= 15 is 0 Å². The van der Waals surface area contributed by atoms with Gasteiger partial charge in [-0.15, -0.1) is 22.7 Å². The smallest absolute Gasteiger partial charge is 0.0663 e. The van der Waals surface area contributed by atoms with Crippen molar-refractivity contribution in [2.45, 2.75) is 13.8 Å². The number of hydrogen-bond donors (Lipinski definition) is 0. The molecule has 0 bridgehead atoms. The van der Waals surface area contributed by atoms with Gasteiger partial charge in [0.15, 0.2) is 0 Å². The molecule has 2 rings (SSSR count). The highest BCUT2D eigenvalue weighted by Crippen LogP contribution is 2.39. The molecule has 0 aliphatic carbocycles. The fourth-order valence-electron chi connectivity index (χ4n) is 1.34. The maximum atomic E-state index is 2.39. The molecule has 0 spiro atoms. The second-order valence-corrected chi connectivity index (χ2v) is 9.02. The van der Waals surface area contributed by atoms with Crippen LogP contribution < -0.4 is 0 Å². The molecule has 0 N–H and O–H groups in total. The SMILES string of the molecule is Cc1cc(I)sc1-c1sc(I)cc1C. The number of rotatable bonds is 1. The van der Waals surface area contributed by atoms with Gasteiger partial charge in [0.1, 0.15) is 0 Å². The largest absolute Gasteiger partial charge is 0.128 e. The van der Waals surface area contributed by atoms with Crippen LogP contribution in [0.2, 0.25) is 0 Å². The van der Waals surface area contributed by atoms with Crippen LogP contribution in [0, 0.1) is 19.6 Å². The molecule has 2 heterocycles. The second kappa shape index (κ2) is 4.39. The van der Waals surface area contributed by atoms with E-state index in [9.17, 15) is 0 Å². The Bertz CT molecular complexity index is 424. The quantitative estimate of drug-likeness (QED) is 0.522. The highest BCUT2D eigenvalue weighted by atomic mass is 127. The predicted molar refractivity (Wildman–Crippen MR) is 82.5 cm³/mol. The molecule has 0 nitrogen and oxygen atoms in total. The lowest BCUT2D eigenvalue weighted by molar-refractivity contribution is 1.51. The van der Waals surface area contributed by atoms with Gasteiger partial charge in [-0.2, -0.15) is 0 Å². The zero-order chi connectivity index (χ0) is 10.3. The van der Waals surface area contributed by atoms with Crippen LogP contribution in [-0.2, 0) is 0 Å². The van der Waals surface area contributed by atoms with Crippen molar-refractivity contribution in [1.29, 1.82) is 0 Å². The average molecular weight is 446 g/mol. The molecule has 4 heteroatoms. The molecule has 74 valence electrons. The molecule has 0 saturated heterocycles. The summed E-state index contributed by atoms with van der Waals surface area (Å²) in [6, 6.07) is 4.51. The molecule has 2 aromatic rings. The topological polar surface area (TPSA) is 0 Å². The Kier molecular flexibility index (Phi) is 3.56. The van der Waals surface area contributed by atoms with Crippen molar-refractivity contribution < 1.29 is 0 Å². The highest BCUT2D eigenvalue weighted by molar-refractivity contribution is 14.1. The average Bonchev–Trinajstić information content (AvgIpc) is 2.55. The number of halogens is 2. The Morgan fingerprint density at radius 2 is 1.21 bits per heavy atom. The third kappa shape index (κ3) is 2.17. The molecule has 0 unspecified atom stereocenters. The van der Waals surface area contributed by atoms with Gasteiger partial charge in [0, 0.05) is 9.75 Å². The number of thiophene rings is 2. The minimum Gasteiger partial charge on any atom is -0.128 e. The first kappa shape index (κ1) is 11.3. The summed E-state index contributed by atoms with van der Waals surface area (Å²) in [5.74, 6) is 0. The summed E-state index contributed by atoms with van der Waals surface area (Å²) in [4.78, 5) is 2.89. The van der Waals surface area contributed by atoms with Gasteiger partial charge in [-0.1, -0.05) is 0 Å². The van der Waals surface area contributed by atoms with E-state index in [1.165, 1.54) is 26.6 Å². The fraction of sp³-hybridized carbons (Fsp3) is 0.200. The molecule has 0 aliphatic rings. The molecule has 0 atom stereocenters. The standard InChI is InChI=1S/C10H8I2S2/c1-5-3-7(11)13-9(5)10-6(2)4-8(12)14-10/h3-4H,1-2H3. The summed E-state index contributed by atoms with van der Waals surface area (Å²) >= 11 is 8.56. The molecule has 14 heavy (non-hydrogen) atoms. The second-order valence-electron chi connectivity index (χ2n) is 3.13. The van der Waals surface area contributed by atoms with Crippen LogP contribution in [0.3, 0.4) is 0 Å². The summed E-state index contributed by atoms with van der Waals surface area (Å²) < 4.78 is 2.75. The van der Waals surface area contributed by atoms with Crippen molar-refractivity contribution >= 4 is 67.9 Å². The molecular formula is C10H8I2S2.